The second-order valence-corrected chi connectivity index (χ2v) is 7.05. The van der Waals surface area contributed by atoms with E-state index in [1.165, 1.54) is 0 Å². The van der Waals surface area contributed by atoms with E-state index in [0.717, 1.165) is 28.7 Å². The van der Waals surface area contributed by atoms with Gasteiger partial charge in [-0.25, -0.2) is 4.98 Å². The molecule has 0 unspecified atom stereocenters. The summed E-state index contributed by atoms with van der Waals surface area (Å²) in [5.41, 5.74) is 2.47. The molecule has 1 N–H and O–H groups in total. The summed E-state index contributed by atoms with van der Waals surface area (Å²) >= 11 is 1.74. The molecule has 0 radical (unpaired) electrons. The summed E-state index contributed by atoms with van der Waals surface area (Å²) in [5, 5.41) is 3.94. The third kappa shape index (κ3) is 3.78. The third-order valence-electron chi connectivity index (χ3n) is 4.21. The van der Waals surface area contributed by atoms with E-state index in [-0.39, 0.29) is 12.5 Å². The zero-order chi connectivity index (χ0) is 18.6. The first-order valence-corrected chi connectivity index (χ1v) is 9.58. The van der Waals surface area contributed by atoms with Gasteiger partial charge in [-0.2, -0.15) is 0 Å². The highest BCUT2D eigenvalue weighted by atomic mass is 32.2. The summed E-state index contributed by atoms with van der Waals surface area (Å²) in [6.45, 7) is 0.860. The van der Waals surface area contributed by atoms with Gasteiger partial charge < -0.3 is 19.4 Å². The summed E-state index contributed by atoms with van der Waals surface area (Å²) in [4.78, 5) is 17.1. The van der Waals surface area contributed by atoms with E-state index in [1.807, 2.05) is 42.6 Å². The number of nitrogens with one attached hydrogen (secondary N) is 1. The normalized spacial score (nSPS) is 12.5. The lowest BCUT2D eigenvalue weighted by atomic mass is 10.1. The molecule has 0 atom stereocenters. The van der Waals surface area contributed by atoms with Crippen molar-refractivity contribution in [2.75, 3.05) is 24.8 Å². The molecule has 4 rings (SSSR count). The van der Waals surface area contributed by atoms with Crippen molar-refractivity contribution in [3.05, 3.63) is 54.7 Å². The first-order valence-electron chi connectivity index (χ1n) is 8.59. The van der Waals surface area contributed by atoms with Crippen LogP contribution in [0.2, 0.25) is 0 Å². The maximum atomic E-state index is 12.4. The fourth-order valence-electron chi connectivity index (χ4n) is 2.92. The number of amides is 1. The third-order valence-corrected chi connectivity index (χ3v) is 5.18. The van der Waals surface area contributed by atoms with Gasteiger partial charge in [0.05, 0.1) is 18.5 Å². The highest BCUT2D eigenvalue weighted by Gasteiger charge is 2.17. The van der Waals surface area contributed by atoms with Gasteiger partial charge in [-0.3, -0.25) is 4.79 Å². The molecule has 0 fully saturated rings. The molecule has 1 aliphatic heterocycles. The number of carbonyl (C=O) groups excluding carboxylic acids is 1. The standard InChI is InChI=1S/C20H19N3O3S/c1-25-17-8-4-5-9-18(17)26-13-19(24)21-15-7-3-2-6-14(15)16-12-23-10-11-27-20(23)22-16/h2-9,12H,10-11,13H2,1H3,(H,21,24). The molecule has 0 saturated carbocycles. The molecular weight excluding hydrogens is 362 g/mol. The van der Waals surface area contributed by atoms with Crippen LogP contribution in [0.3, 0.4) is 0 Å². The van der Waals surface area contributed by atoms with Crippen molar-refractivity contribution in [1.82, 2.24) is 9.55 Å². The van der Waals surface area contributed by atoms with Gasteiger partial charge in [0.15, 0.2) is 23.3 Å². The number of ether oxygens (including phenoxy) is 2. The van der Waals surface area contributed by atoms with E-state index < -0.39 is 0 Å². The van der Waals surface area contributed by atoms with Crippen LogP contribution in [0.5, 0.6) is 11.5 Å². The zero-order valence-corrected chi connectivity index (χ0v) is 15.7. The van der Waals surface area contributed by atoms with E-state index in [0.29, 0.717) is 17.2 Å². The minimum absolute atomic E-state index is 0.107. The number of aryl methyl sites for hydroxylation is 1. The Labute approximate surface area is 161 Å². The van der Waals surface area contributed by atoms with E-state index in [1.54, 1.807) is 31.0 Å². The molecule has 2 aromatic carbocycles. The largest absolute Gasteiger partial charge is 0.493 e. The first kappa shape index (κ1) is 17.5. The SMILES string of the molecule is COc1ccccc1OCC(=O)Nc1ccccc1-c1cn2c(n1)SCC2. The molecule has 27 heavy (non-hydrogen) atoms. The van der Waals surface area contributed by atoms with Crippen LogP contribution < -0.4 is 14.8 Å². The Morgan fingerprint density at radius 1 is 1.19 bits per heavy atom. The molecule has 0 spiro atoms. The Morgan fingerprint density at radius 3 is 2.78 bits per heavy atom. The molecule has 138 valence electrons. The van der Waals surface area contributed by atoms with Gasteiger partial charge in [0, 0.05) is 24.1 Å². The van der Waals surface area contributed by atoms with Crippen molar-refractivity contribution >= 4 is 23.4 Å². The van der Waals surface area contributed by atoms with Gasteiger partial charge in [-0.05, 0) is 18.2 Å². The van der Waals surface area contributed by atoms with Crippen LogP contribution in [-0.4, -0.2) is 34.9 Å². The highest BCUT2D eigenvalue weighted by Crippen LogP contribution is 2.32. The van der Waals surface area contributed by atoms with Crippen LogP contribution in [0.15, 0.2) is 59.9 Å². The molecule has 2 heterocycles. The molecule has 0 bridgehead atoms. The molecule has 1 aromatic heterocycles. The Hall–Kier alpha value is -2.93. The lowest BCUT2D eigenvalue weighted by Crippen LogP contribution is -2.20. The predicted octanol–water partition coefficient (Wildman–Crippen LogP) is 3.68. The zero-order valence-electron chi connectivity index (χ0n) is 14.8. The number of methoxy groups -OCH3 is 1. The van der Waals surface area contributed by atoms with Gasteiger partial charge >= 0.3 is 0 Å². The molecular formula is C20H19N3O3S. The number of fused-ring (bicyclic) bond motifs is 1. The van der Waals surface area contributed by atoms with E-state index in [2.05, 4.69) is 14.9 Å². The van der Waals surface area contributed by atoms with Crippen molar-refractivity contribution in [2.24, 2.45) is 0 Å². The molecule has 7 heteroatoms. The number of anilines is 1. The second kappa shape index (κ2) is 7.75. The average Bonchev–Trinajstić information content (AvgIpc) is 3.29. The molecule has 0 aliphatic carbocycles. The summed E-state index contributed by atoms with van der Waals surface area (Å²) in [7, 11) is 1.57. The number of thioether (sulfide) groups is 1. The second-order valence-electron chi connectivity index (χ2n) is 5.98. The number of nitrogens with zero attached hydrogens (tertiary/aromatic N) is 2. The number of rotatable bonds is 6. The van der Waals surface area contributed by atoms with Crippen LogP contribution >= 0.6 is 11.8 Å². The summed E-state index contributed by atoms with van der Waals surface area (Å²) < 4.78 is 13.0. The van der Waals surface area contributed by atoms with Crippen molar-refractivity contribution in [3.8, 4) is 22.8 Å². The Balaban J connectivity index is 1.47. The fourth-order valence-corrected chi connectivity index (χ4v) is 3.87. The van der Waals surface area contributed by atoms with Crippen LogP contribution in [0.4, 0.5) is 5.69 Å². The summed E-state index contributed by atoms with van der Waals surface area (Å²) in [5.74, 6) is 1.94. The maximum Gasteiger partial charge on any atom is 0.262 e. The smallest absolute Gasteiger partial charge is 0.262 e. The Morgan fingerprint density at radius 2 is 1.96 bits per heavy atom. The molecule has 1 aliphatic rings. The van der Waals surface area contributed by atoms with Gasteiger partial charge in [0.2, 0.25) is 0 Å². The number of imidazole rings is 1. The maximum absolute atomic E-state index is 12.4. The molecule has 6 nitrogen and oxygen atoms in total. The number of carbonyl (C=O) groups is 1. The predicted molar refractivity (Wildman–Crippen MR) is 106 cm³/mol. The number of hydrogen-bond donors (Lipinski definition) is 1. The lowest BCUT2D eigenvalue weighted by molar-refractivity contribution is -0.118. The highest BCUT2D eigenvalue weighted by molar-refractivity contribution is 7.99. The number of benzene rings is 2. The fraction of sp³-hybridized carbons (Fsp3) is 0.200. The van der Waals surface area contributed by atoms with Crippen molar-refractivity contribution < 1.29 is 14.3 Å². The van der Waals surface area contributed by atoms with E-state index in [4.69, 9.17) is 9.47 Å². The summed E-state index contributed by atoms with van der Waals surface area (Å²) in [6, 6.07) is 14.9. The lowest BCUT2D eigenvalue weighted by Gasteiger charge is -2.12. The van der Waals surface area contributed by atoms with Gasteiger partial charge in [-0.1, -0.05) is 42.1 Å². The Bertz CT molecular complexity index is 949. The van der Waals surface area contributed by atoms with Crippen molar-refractivity contribution in [3.63, 3.8) is 0 Å². The first-order chi connectivity index (χ1) is 13.2. The van der Waals surface area contributed by atoms with Crippen LogP contribution in [-0.2, 0) is 11.3 Å². The van der Waals surface area contributed by atoms with Crippen molar-refractivity contribution in [2.45, 2.75) is 11.7 Å². The molecule has 3 aromatic rings. The van der Waals surface area contributed by atoms with Crippen molar-refractivity contribution in [1.29, 1.82) is 0 Å². The monoisotopic (exact) mass is 381 g/mol. The molecule has 1 amide bonds. The average molecular weight is 381 g/mol. The van der Waals surface area contributed by atoms with Crippen LogP contribution in [0, 0.1) is 0 Å². The van der Waals surface area contributed by atoms with E-state index in [9.17, 15) is 4.79 Å². The van der Waals surface area contributed by atoms with Gasteiger partial charge in [0.1, 0.15) is 0 Å². The minimum Gasteiger partial charge on any atom is -0.493 e. The van der Waals surface area contributed by atoms with Crippen LogP contribution in [0.25, 0.3) is 11.3 Å². The number of hydrogen-bond acceptors (Lipinski definition) is 5. The van der Waals surface area contributed by atoms with E-state index >= 15 is 0 Å². The van der Waals surface area contributed by atoms with Crippen LogP contribution in [0.1, 0.15) is 0 Å². The van der Waals surface area contributed by atoms with Gasteiger partial charge in [0.25, 0.3) is 5.91 Å². The number of aromatic nitrogens is 2. The number of para-hydroxylation sites is 3. The Kier molecular flexibility index (Phi) is 5.02. The topological polar surface area (TPSA) is 65.4 Å². The summed E-state index contributed by atoms with van der Waals surface area (Å²) in [6.07, 6.45) is 2.03. The minimum atomic E-state index is -0.241. The quantitative estimate of drug-likeness (QED) is 0.706. The molecule has 0 saturated heterocycles. The van der Waals surface area contributed by atoms with Gasteiger partial charge in [-0.15, -0.1) is 0 Å².